The molecule has 164 valence electrons. The van der Waals surface area contributed by atoms with Crippen molar-refractivity contribution in [3.63, 3.8) is 0 Å². The molecule has 0 fully saturated rings. The summed E-state index contributed by atoms with van der Waals surface area (Å²) in [6.07, 6.45) is 0. The molecule has 0 aromatic heterocycles. The first-order chi connectivity index (χ1) is 15.2. The lowest BCUT2D eigenvalue weighted by molar-refractivity contribution is -0.393. The van der Waals surface area contributed by atoms with Gasteiger partial charge in [0, 0.05) is 17.0 Å². The maximum atomic E-state index is 13.2. The molecule has 0 saturated heterocycles. The first-order valence-corrected chi connectivity index (χ1v) is 10.9. The second-order valence-corrected chi connectivity index (χ2v) is 8.73. The molecular formula is C20H15BrN4O6S. The van der Waals surface area contributed by atoms with Crippen LogP contribution in [0.2, 0.25) is 0 Å². The molecule has 10 nitrogen and oxygen atoms in total. The molecule has 3 aromatic carbocycles. The highest BCUT2D eigenvalue weighted by molar-refractivity contribution is 9.10. The maximum Gasteiger partial charge on any atom is 0.303 e. The number of aryl methyl sites for hydroxylation is 1. The number of halogens is 1. The third-order valence-electron chi connectivity index (χ3n) is 4.30. The standard InChI is InChI=1S/C20H15BrN4O6S/c1-12-3-6-14(7-4-12)32(30)20-11-19(31-2)15(21)10-17(20)23-22-16-8-5-13(24(26)27)9-18(16)25(28)29/h3-11H,1-2H3. The van der Waals surface area contributed by atoms with Crippen LogP contribution in [0.4, 0.5) is 22.7 Å². The molecule has 3 rings (SSSR count). The zero-order valence-electron chi connectivity index (χ0n) is 16.7. The summed E-state index contributed by atoms with van der Waals surface area (Å²) in [5.74, 6) is 0.417. The van der Waals surface area contributed by atoms with Gasteiger partial charge in [-0.15, -0.1) is 10.2 Å². The van der Waals surface area contributed by atoms with Crippen molar-refractivity contribution in [1.82, 2.24) is 0 Å². The molecule has 0 heterocycles. The van der Waals surface area contributed by atoms with E-state index in [1.807, 2.05) is 19.1 Å². The largest absolute Gasteiger partial charge is 0.496 e. The minimum atomic E-state index is -1.65. The Hall–Kier alpha value is -3.51. The molecule has 0 aliphatic carbocycles. The van der Waals surface area contributed by atoms with Gasteiger partial charge in [0.25, 0.3) is 5.69 Å². The van der Waals surface area contributed by atoms with Gasteiger partial charge in [0.1, 0.15) is 11.4 Å². The Morgan fingerprint density at radius 3 is 2.19 bits per heavy atom. The molecule has 0 spiro atoms. The van der Waals surface area contributed by atoms with Gasteiger partial charge in [0.05, 0.1) is 43.2 Å². The van der Waals surface area contributed by atoms with Crippen LogP contribution in [-0.4, -0.2) is 21.2 Å². The van der Waals surface area contributed by atoms with E-state index >= 15 is 0 Å². The summed E-state index contributed by atoms with van der Waals surface area (Å²) in [5.41, 5.74) is -0.00545. The van der Waals surface area contributed by atoms with Gasteiger partial charge in [-0.1, -0.05) is 17.7 Å². The molecule has 32 heavy (non-hydrogen) atoms. The summed E-state index contributed by atoms with van der Waals surface area (Å²) in [4.78, 5) is 21.5. The third-order valence-corrected chi connectivity index (χ3v) is 6.35. The molecule has 0 aliphatic heterocycles. The van der Waals surface area contributed by atoms with E-state index < -0.39 is 32.0 Å². The third kappa shape index (κ3) is 5.03. The maximum absolute atomic E-state index is 13.2. The molecule has 0 amide bonds. The Labute approximate surface area is 192 Å². The highest BCUT2D eigenvalue weighted by atomic mass is 79.9. The van der Waals surface area contributed by atoms with Gasteiger partial charge in [-0.25, -0.2) is 4.21 Å². The van der Waals surface area contributed by atoms with E-state index in [4.69, 9.17) is 4.74 Å². The van der Waals surface area contributed by atoms with Crippen molar-refractivity contribution < 1.29 is 18.8 Å². The number of nitrogens with zero attached hydrogens (tertiary/aromatic N) is 4. The number of non-ortho nitro benzene ring substituents is 1. The quantitative estimate of drug-likeness (QED) is 0.208. The van der Waals surface area contributed by atoms with E-state index in [1.54, 1.807) is 18.2 Å². The fourth-order valence-corrected chi connectivity index (χ4v) is 4.29. The number of hydrogen-bond donors (Lipinski definition) is 0. The Kier molecular flexibility index (Phi) is 7.05. The summed E-state index contributed by atoms with van der Waals surface area (Å²) >= 11 is 3.34. The van der Waals surface area contributed by atoms with Crippen LogP contribution in [0.1, 0.15) is 5.56 Å². The van der Waals surface area contributed by atoms with E-state index in [1.165, 1.54) is 13.2 Å². The molecule has 1 atom stereocenters. The van der Waals surface area contributed by atoms with Crippen LogP contribution in [0, 0.1) is 27.2 Å². The Morgan fingerprint density at radius 2 is 1.59 bits per heavy atom. The van der Waals surface area contributed by atoms with Crippen LogP contribution >= 0.6 is 15.9 Å². The van der Waals surface area contributed by atoms with Gasteiger partial charge in [-0.2, -0.15) is 0 Å². The lowest BCUT2D eigenvalue weighted by Gasteiger charge is -2.10. The summed E-state index contributed by atoms with van der Waals surface area (Å²) in [7, 11) is -0.188. The van der Waals surface area contributed by atoms with Crippen molar-refractivity contribution in [3.05, 3.63) is 84.9 Å². The van der Waals surface area contributed by atoms with Gasteiger partial charge >= 0.3 is 5.69 Å². The average Bonchev–Trinajstić information content (AvgIpc) is 2.77. The summed E-state index contributed by atoms with van der Waals surface area (Å²) in [6, 6.07) is 13.2. The number of ether oxygens (including phenoxy) is 1. The average molecular weight is 519 g/mol. The van der Waals surface area contributed by atoms with Crippen molar-refractivity contribution in [2.24, 2.45) is 10.2 Å². The van der Waals surface area contributed by atoms with Crippen LogP contribution < -0.4 is 4.74 Å². The van der Waals surface area contributed by atoms with Crippen molar-refractivity contribution in [2.45, 2.75) is 16.7 Å². The summed E-state index contributed by atoms with van der Waals surface area (Å²) < 4.78 is 19.0. The predicted molar refractivity (Wildman–Crippen MR) is 120 cm³/mol. The zero-order valence-corrected chi connectivity index (χ0v) is 19.1. The van der Waals surface area contributed by atoms with Gasteiger partial charge in [0.2, 0.25) is 0 Å². The van der Waals surface area contributed by atoms with Crippen molar-refractivity contribution in [3.8, 4) is 5.75 Å². The molecule has 1 unspecified atom stereocenters. The van der Waals surface area contributed by atoms with Crippen LogP contribution in [0.5, 0.6) is 5.75 Å². The van der Waals surface area contributed by atoms with E-state index in [0.29, 0.717) is 15.1 Å². The number of nitro benzene ring substituents is 2. The predicted octanol–water partition coefficient (Wildman–Crippen LogP) is 6.16. The number of rotatable bonds is 7. The smallest absolute Gasteiger partial charge is 0.303 e. The van der Waals surface area contributed by atoms with E-state index in [2.05, 4.69) is 26.2 Å². The van der Waals surface area contributed by atoms with E-state index in [-0.39, 0.29) is 16.3 Å². The molecule has 12 heteroatoms. The minimum Gasteiger partial charge on any atom is -0.496 e. The molecule has 0 radical (unpaired) electrons. The summed E-state index contributed by atoms with van der Waals surface area (Å²) in [5, 5.41) is 30.2. The van der Waals surface area contributed by atoms with Crippen molar-refractivity contribution >= 4 is 49.5 Å². The number of nitro groups is 2. The van der Waals surface area contributed by atoms with Gasteiger partial charge in [0.15, 0.2) is 5.69 Å². The van der Waals surface area contributed by atoms with Gasteiger partial charge in [-0.3, -0.25) is 20.2 Å². The topological polar surface area (TPSA) is 137 Å². The lowest BCUT2D eigenvalue weighted by Crippen LogP contribution is -1.96. The Balaban J connectivity index is 2.10. The summed E-state index contributed by atoms with van der Waals surface area (Å²) in [6.45, 7) is 1.91. The number of benzene rings is 3. The monoisotopic (exact) mass is 518 g/mol. The SMILES string of the molecule is COc1cc(S(=O)c2ccc(C)cc2)c(N=Nc2ccc([N+](=O)[O-])cc2[N+](=O)[O-])cc1Br. The lowest BCUT2D eigenvalue weighted by atomic mass is 10.2. The molecule has 3 aromatic rings. The van der Waals surface area contributed by atoms with Gasteiger partial charge < -0.3 is 4.74 Å². The van der Waals surface area contributed by atoms with Crippen LogP contribution in [0.25, 0.3) is 0 Å². The van der Waals surface area contributed by atoms with Gasteiger partial charge in [-0.05, 0) is 47.1 Å². The Morgan fingerprint density at radius 1 is 0.938 bits per heavy atom. The first kappa shape index (κ1) is 23.2. The van der Waals surface area contributed by atoms with Crippen LogP contribution in [-0.2, 0) is 10.8 Å². The second kappa shape index (κ2) is 9.75. The fraction of sp³-hybridized carbons (Fsp3) is 0.100. The molecule has 0 bridgehead atoms. The molecular weight excluding hydrogens is 504 g/mol. The molecule has 0 saturated carbocycles. The van der Waals surface area contributed by atoms with E-state index in [0.717, 1.165) is 23.8 Å². The highest BCUT2D eigenvalue weighted by Gasteiger charge is 2.20. The number of azo groups is 1. The van der Waals surface area contributed by atoms with E-state index in [9.17, 15) is 24.4 Å². The normalized spacial score (nSPS) is 12.0. The fourth-order valence-electron chi connectivity index (χ4n) is 2.66. The van der Waals surface area contributed by atoms with Crippen molar-refractivity contribution in [2.75, 3.05) is 7.11 Å². The zero-order chi connectivity index (χ0) is 23.4. The molecule has 0 N–H and O–H groups in total. The van der Waals surface area contributed by atoms with Crippen molar-refractivity contribution in [1.29, 1.82) is 0 Å². The minimum absolute atomic E-state index is 0.181. The van der Waals surface area contributed by atoms with Crippen LogP contribution in [0.3, 0.4) is 0 Å². The number of hydrogen-bond acceptors (Lipinski definition) is 8. The number of methoxy groups -OCH3 is 1. The first-order valence-electron chi connectivity index (χ1n) is 8.92. The highest BCUT2D eigenvalue weighted by Crippen LogP contribution is 2.38. The Bertz CT molecular complexity index is 1260. The molecule has 0 aliphatic rings. The van der Waals surface area contributed by atoms with Crippen LogP contribution in [0.15, 0.2) is 79.1 Å². The second-order valence-electron chi connectivity index (χ2n) is 6.42.